The molecule has 0 bridgehead atoms. The number of aliphatic hydroxyl groups excluding tert-OH is 1. The van der Waals surface area contributed by atoms with Crippen molar-refractivity contribution >= 4 is 14.4 Å². The first-order valence-electron chi connectivity index (χ1n) is 15.7. The van der Waals surface area contributed by atoms with E-state index in [9.17, 15) is 14.7 Å². The van der Waals surface area contributed by atoms with Gasteiger partial charge < -0.3 is 30.0 Å². The van der Waals surface area contributed by atoms with Gasteiger partial charge in [0, 0.05) is 13.1 Å². The first kappa shape index (κ1) is 36.8. The van der Waals surface area contributed by atoms with Gasteiger partial charge in [0.1, 0.15) is 18.0 Å². The number of rotatable bonds is 17. The Kier molecular flexibility index (Phi) is 13.8. The molecule has 0 radical (unpaired) electrons. The average molecular weight is 615 g/mol. The van der Waals surface area contributed by atoms with Crippen molar-refractivity contribution in [3.05, 3.63) is 65.7 Å². The van der Waals surface area contributed by atoms with Crippen LogP contribution in [0.4, 0.5) is 4.79 Å². The summed E-state index contributed by atoms with van der Waals surface area (Å²) < 4.78 is 11.4. The van der Waals surface area contributed by atoms with Crippen molar-refractivity contribution in [2.24, 2.45) is 5.41 Å². The summed E-state index contributed by atoms with van der Waals surface area (Å²) in [6.45, 7) is 19.9. The highest BCUT2D eigenvalue weighted by atomic mass is 28.4. The van der Waals surface area contributed by atoms with Crippen LogP contribution in [0.25, 0.3) is 0 Å². The van der Waals surface area contributed by atoms with Crippen LogP contribution in [-0.2, 0) is 17.8 Å². The summed E-state index contributed by atoms with van der Waals surface area (Å²) in [5, 5.41) is 17.5. The Morgan fingerprint density at radius 1 is 0.884 bits per heavy atom. The predicted molar refractivity (Wildman–Crippen MR) is 179 cm³/mol. The summed E-state index contributed by atoms with van der Waals surface area (Å²) in [5.41, 5.74) is 1.50. The Morgan fingerprint density at radius 3 is 2.07 bits per heavy atom. The number of hydrogen-bond donors (Lipinski definition) is 4. The lowest BCUT2D eigenvalue weighted by atomic mass is 9.86. The maximum atomic E-state index is 12.7. The Balaban J connectivity index is 1.93. The Hall–Kier alpha value is -2.39. The molecular weight excluding hydrogens is 556 g/mol. The van der Waals surface area contributed by atoms with Crippen LogP contribution in [0.3, 0.4) is 0 Å². The molecule has 0 spiro atoms. The van der Waals surface area contributed by atoms with Gasteiger partial charge in [-0.2, -0.15) is 0 Å². The highest BCUT2D eigenvalue weighted by Gasteiger charge is 2.37. The molecule has 2 rings (SSSR count). The highest BCUT2D eigenvalue weighted by Crippen LogP contribution is 2.40. The molecule has 0 aliphatic carbocycles. The minimum atomic E-state index is -2.18. The largest absolute Gasteiger partial charge is 0.489 e. The Morgan fingerprint density at radius 2 is 1.49 bits per heavy atom. The zero-order chi connectivity index (χ0) is 32.3. The van der Waals surface area contributed by atoms with E-state index in [1.165, 1.54) is 0 Å². The minimum Gasteiger partial charge on any atom is -0.489 e. The second kappa shape index (κ2) is 16.1. The van der Waals surface area contributed by atoms with Crippen molar-refractivity contribution in [1.29, 1.82) is 0 Å². The fraction of sp³-hybridized carbons (Fsp3) is 0.629. The first-order valence-corrected chi connectivity index (χ1v) is 18.7. The zero-order valence-electron chi connectivity index (χ0n) is 28.1. The molecule has 242 valence electrons. The molecule has 1 amide bonds. The number of unbranched alkanes of at least 4 members (excludes halogenated alkanes) is 1. The predicted octanol–water partition coefficient (Wildman–Crippen LogP) is 7.22. The zero-order valence-corrected chi connectivity index (χ0v) is 29.1. The van der Waals surface area contributed by atoms with E-state index in [2.05, 4.69) is 38.3 Å². The third-order valence-electron chi connectivity index (χ3n) is 8.31. The fourth-order valence-corrected chi connectivity index (χ4v) is 5.51. The summed E-state index contributed by atoms with van der Waals surface area (Å²) >= 11 is 0. The van der Waals surface area contributed by atoms with E-state index >= 15 is 0 Å². The molecule has 2 aromatic carbocycles. The summed E-state index contributed by atoms with van der Waals surface area (Å²) in [5.74, 6) is 0.763. The molecule has 0 aliphatic heterocycles. The van der Waals surface area contributed by atoms with Crippen molar-refractivity contribution in [1.82, 2.24) is 10.6 Å². The van der Waals surface area contributed by atoms with Crippen LogP contribution in [0.1, 0.15) is 85.3 Å². The molecule has 0 unspecified atom stereocenters. The van der Waals surface area contributed by atoms with Gasteiger partial charge >= 0.3 is 6.09 Å². The molecule has 0 saturated heterocycles. The molecule has 7 nitrogen and oxygen atoms in total. The van der Waals surface area contributed by atoms with Crippen LogP contribution in [-0.4, -0.2) is 55.1 Å². The summed E-state index contributed by atoms with van der Waals surface area (Å²) in [7, 11) is -2.18. The standard InChI is InChI=1S/C35H58N2O5Si/c1-33(2,3)42-32(39)37-30(23-27-17-19-29(20-18-27)41-25-28-15-11-10-12-16-28)31(38)24-36-26-34(4,5)21-13-14-22-35(6,7)43(8,9)40/h10-12,15-20,30-31,36,38,40H,13-14,21-26H2,1-9H3,(H,37,39)/t30-,31+/m0/s1. The van der Waals surface area contributed by atoms with E-state index in [0.717, 1.165) is 49.1 Å². The van der Waals surface area contributed by atoms with Crippen molar-refractivity contribution < 1.29 is 24.2 Å². The second-order valence-electron chi connectivity index (χ2n) is 14.9. The maximum Gasteiger partial charge on any atom is 0.407 e. The van der Waals surface area contributed by atoms with Crippen LogP contribution in [0.15, 0.2) is 54.6 Å². The summed E-state index contributed by atoms with van der Waals surface area (Å²) in [6.07, 6.45) is 3.37. The van der Waals surface area contributed by atoms with Gasteiger partial charge in [0.25, 0.3) is 0 Å². The van der Waals surface area contributed by atoms with Gasteiger partial charge in [-0.25, -0.2) is 4.79 Å². The normalized spacial score (nSPS) is 14.2. The van der Waals surface area contributed by atoms with Crippen LogP contribution in [0.5, 0.6) is 5.75 Å². The topological polar surface area (TPSA) is 100 Å². The van der Waals surface area contributed by atoms with E-state index in [4.69, 9.17) is 9.47 Å². The van der Waals surface area contributed by atoms with Crippen molar-refractivity contribution in [3.63, 3.8) is 0 Å². The molecule has 8 heteroatoms. The van der Waals surface area contributed by atoms with Crippen molar-refractivity contribution in [2.75, 3.05) is 13.1 Å². The van der Waals surface area contributed by atoms with Gasteiger partial charge in [0.05, 0.1) is 12.1 Å². The fourth-order valence-electron chi connectivity index (χ4n) is 4.72. The number of alkyl carbamates (subject to hydrolysis) is 1. The average Bonchev–Trinajstić information content (AvgIpc) is 2.89. The molecule has 0 aromatic heterocycles. The van der Waals surface area contributed by atoms with Gasteiger partial charge in [-0.3, -0.25) is 0 Å². The minimum absolute atomic E-state index is 0.00512. The van der Waals surface area contributed by atoms with Gasteiger partial charge in [0.15, 0.2) is 8.32 Å². The number of aliphatic hydroxyl groups is 1. The number of carbonyl (C=O) groups is 1. The Labute approximate surface area is 261 Å². The third kappa shape index (κ3) is 14.3. The van der Waals surface area contributed by atoms with Gasteiger partial charge in [-0.1, -0.05) is 83.0 Å². The molecule has 0 heterocycles. The van der Waals surface area contributed by atoms with E-state index in [-0.39, 0.29) is 10.5 Å². The molecule has 0 aliphatic rings. The van der Waals surface area contributed by atoms with Crippen molar-refractivity contribution in [3.8, 4) is 5.75 Å². The van der Waals surface area contributed by atoms with E-state index in [0.29, 0.717) is 19.6 Å². The third-order valence-corrected chi connectivity index (χ3v) is 11.9. The Bertz CT molecular complexity index is 1090. The van der Waals surface area contributed by atoms with Crippen LogP contribution in [0.2, 0.25) is 18.1 Å². The molecule has 0 saturated carbocycles. The number of nitrogens with one attached hydrogen (secondary N) is 2. The number of hydrogen-bond acceptors (Lipinski definition) is 6. The molecular formula is C35H58N2O5Si. The maximum absolute atomic E-state index is 12.7. The van der Waals surface area contributed by atoms with E-state index < -0.39 is 32.2 Å². The van der Waals surface area contributed by atoms with Gasteiger partial charge in [0.2, 0.25) is 0 Å². The first-order chi connectivity index (χ1) is 19.9. The number of benzene rings is 2. The van der Waals surface area contributed by atoms with E-state index in [1.807, 2.05) is 88.5 Å². The number of amides is 1. The highest BCUT2D eigenvalue weighted by molar-refractivity contribution is 6.72. The lowest BCUT2D eigenvalue weighted by Crippen LogP contribution is -2.50. The molecule has 4 N–H and O–H groups in total. The molecule has 2 atom stereocenters. The second-order valence-corrected chi connectivity index (χ2v) is 19.4. The summed E-state index contributed by atoms with van der Waals surface area (Å²) in [6, 6.07) is 17.3. The lowest BCUT2D eigenvalue weighted by Gasteiger charge is -2.35. The van der Waals surface area contributed by atoms with Crippen LogP contribution < -0.4 is 15.4 Å². The van der Waals surface area contributed by atoms with Crippen molar-refractivity contribution in [2.45, 2.75) is 123 Å². The number of ether oxygens (including phenoxy) is 2. The van der Waals surface area contributed by atoms with Crippen LogP contribution in [0, 0.1) is 5.41 Å². The van der Waals surface area contributed by atoms with Gasteiger partial charge in [-0.15, -0.1) is 0 Å². The quantitative estimate of drug-likeness (QED) is 0.111. The molecule has 0 fully saturated rings. The molecule has 2 aromatic rings. The SMILES string of the molecule is CC(C)(CCCCC(C)(C)[Si](C)(C)O)CNC[C@@H](O)[C@H](Cc1ccc(OCc2ccccc2)cc1)NC(=O)OC(C)(C)C. The number of carbonyl (C=O) groups excluding carboxylic acids is 1. The smallest absolute Gasteiger partial charge is 0.407 e. The summed E-state index contributed by atoms with van der Waals surface area (Å²) in [4.78, 5) is 23.2. The lowest BCUT2D eigenvalue weighted by molar-refractivity contribution is 0.0420. The van der Waals surface area contributed by atoms with Gasteiger partial charge in [-0.05, 0) is 86.8 Å². The monoisotopic (exact) mass is 614 g/mol. The van der Waals surface area contributed by atoms with E-state index in [1.54, 1.807) is 0 Å². The molecule has 43 heavy (non-hydrogen) atoms. The van der Waals surface area contributed by atoms with Crippen LogP contribution >= 0.6 is 0 Å².